The second-order valence-electron chi connectivity index (χ2n) is 5.10. The van der Waals surface area contributed by atoms with Crippen molar-refractivity contribution in [1.82, 2.24) is 0 Å². The van der Waals surface area contributed by atoms with Crippen molar-refractivity contribution in [3.8, 4) is 0 Å². The van der Waals surface area contributed by atoms with Gasteiger partial charge in [0.05, 0.1) is 27.7 Å². The number of hydrogen-bond acceptors (Lipinski definition) is 3. The fourth-order valence-corrected chi connectivity index (χ4v) is 4.36. The Balaban J connectivity index is 0. The quantitative estimate of drug-likeness (QED) is 0.388. The van der Waals surface area contributed by atoms with Crippen LogP contribution in [0.15, 0.2) is 0 Å². The molecule has 0 aliphatic carbocycles. The largest absolute Gasteiger partial charge is 1.00 e. The summed E-state index contributed by atoms with van der Waals surface area (Å²) in [6, 6.07) is 0.915. The molecule has 0 saturated carbocycles. The van der Waals surface area contributed by atoms with Gasteiger partial charge in [0.2, 0.25) is 0 Å². The Labute approximate surface area is 120 Å². The van der Waals surface area contributed by atoms with E-state index in [1.165, 1.54) is 0 Å². The van der Waals surface area contributed by atoms with Crippen LogP contribution >= 0.6 is 0 Å². The molecule has 0 rings (SSSR count). The summed E-state index contributed by atoms with van der Waals surface area (Å²) < 4.78 is 18.4. The van der Waals surface area contributed by atoms with E-state index in [2.05, 4.69) is 21.1 Å². The molecule has 0 N–H and O–H groups in total. The van der Waals surface area contributed by atoms with E-state index in [1.807, 2.05) is 20.8 Å². The normalized spacial score (nSPS) is 12.3. The highest BCUT2D eigenvalue weighted by atomic mass is 35.5. The zero-order valence-corrected chi connectivity index (χ0v) is 14.5. The lowest BCUT2D eigenvalue weighted by atomic mass is 10.4. The predicted octanol–water partition coefficient (Wildman–Crippen LogP) is -0.865. The highest BCUT2D eigenvalue weighted by Gasteiger charge is 2.40. The minimum Gasteiger partial charge on any atom is -1.00 e. The Kier molecular flexibility index (Phi) is 11.7. The molecule has 0 saturated heterocycles. The van der Waals surface area contributed by atoms with Crippen LogP contribution in [0, 0.1) is 0 Å². The monoisotopic (exact) mass is 299 g/mol. The van der Waals surface area contributed by atoms with Gasteiger partial charge in [0, 0.05) is 32.3 Å². The molecule has 0 atom stereocenters. The first-order valence-electron chi connectivity index (χ1n) is 6.61. The lowest BCUT2D eigenvalue weighted by Crippen LogP contribution is -3.00. The van der Waals surface area contributed by atoms with Gasteiger partial charge >= 0.3 is 8.80 Å². The van der Waals surface area contributed by atoms with E-state index >= 15 is 0 Å². The van der Waals surface area contributed by atoms with Gasteiger partial charge in [-0.2, -0.15) is 0 Å². The van der Waals surface area contributed by atoms with Crippen molar-refractivity contribution in [2.24, 2.45) is 0 Å². The molecular weight excluding hydrogens is 270 g/mol. The van der Waals surface area contributed by atoms with Gasteiger partial charge in [-0.1, -0.05) is 0 Å². The van der Waals surface area contributed by atoms with E-state index in [0.717, 1.165) is 23.5 Å². The molecule has 0 aliphatic heterocycles. The van der Waals surface area contributed by atoms with E-state index in [1.54, 1.807) is 0 Å². The van der Waals surface area contributed by atoms with Crippen LogP contribution in [0.2, 0.25) is 6.04 Å². The fraction of sp³-hybridized carbons (Fsp3) is 1.00. The van der Waals surface area contributed by atoms with Crippen LogP contribution in [-0.2, 0) is 13.3 Å². The minimum absolute atomic E-state index is 0. The molecule has 18 heavy (non-hydrogen) atoms. The van der Waals surface area contributed by atoms with Crippen molar-refractivity contribution in [2.45, 2.75) is 33.2 Å². The molecule has 4 nitrogen and oxygen atoms in total. The van der Waals surface area contributed by atoms with Crippen LogP contribution in [0.1, 0.15) is 27.2 Å². The first kappa shape index (κ1) is 20.7. The zero-order valence-electron chi connectivity index (χ0n) is 12.8. The molecule has 0 aromatic heterocycles. The van der Waals surface area contributed by atoms with Crippen molar-refractivity contribution in [3.63, 3.8) is 0 Å². The third-order valence-corrected chi connectivity index (χ3v) is 5.56. The average Bonchev–Trinajstić information content (AvgIpc) is 2.16. The summed E-state index contributed by atoms with van der Waals surface area (Å²) in [6.07, 6.45) is 1.08. The molecular formula is C12H30ClNO3Si. The van der Waals surface area contributed by atoms with E-state index in [9.17, 15) is 0 Å². The highest BCUT2D eigenvalue weighted by molar-refractivity contribution is 6.60. The molecule has 0 bridgehead atoms. The smallest absolute Gasteiger partial charge is 0.501 e. The summed E-state index contributed by atoms with van der Waals surface area (Å²) in [5.74, 6) is 0. The van der Waals surface area contributed by atoms with Crippen molar-refractivity contribution >= 4 is 8.80 Å². The van der Waals surface area contributed by atoms with Gasteiger partial charge in [0.1, 0.15) is 0 Å². The van der Waals surface area contributed by atoms with E-state index in [4.69, 9.17) is 13.3 Å². The Hall–Kier alpha value is 0.347. The molecule has 0 radical (unpaired) electrons. The van der Waals surface area contributed by atoms with Crippen molar-refractivity contribution in [1.29, 1.82) is 0 Å². The van der Waals surface area contributed by atoms with Crippen LogP contribution in [0.3, 0.4) is 0 Å². The molecule has 6 heteroatoms. The van der Waals surface area contributed by atoms with Gasteiger partial charge in [0.15, 0.2) is 0 Å². The fourth-order valence-electron chi connectivity index (χ4n) is 1.77. The summed E-state index contributed by atoms with van der Waals surface area (Å²) in [4.78, 5) is 0. The second kappa shape index (κ2) is 10.2. The molecule has 0 spiro atoms. The van der Waals surface area contributed by atoms with Crippen LogP contribution in [-0.4, -0.2) is 60.8 Å². The van der Waals surface area contributed by atoms with Crippen molar-refractivity contribution in [2.75, 3.05) is 47.5 Å². The van der Waals surface area contributed by atoms with Gasteiger partial charge in [-0.05, 0) is 20.8 Å². The van der Waals surface area contributed by atoms with Crippen molar-refractivity contribution < 1.29 is 30.2 Å². The first-order chi connectivity index (χ1) is 7.89. The van der Waals surface area contributed by atoms with Gasteiger partial charge in [-0.15, -0.1) is 0 Å². The molecule has 112 valence electrons. The topological polar surface area (TPSA) is 27.7 Å². The van der Waals surface area contributed by atoms with Gasteiger partial charge in [0.25, 0.3) is 0 Å². The average molecular weight is 300 g/mol. The number of hydrogen-bond donors (Lipinski definition) is 0. The van der Waals surface area contributed by atoms with Crippen LogP contribution in [0.25, 0.3) is 0 Å². The molecule has 0 heterocycles. The second-order valence-corrected chi connectivity index (χ2v) is 7.83. The maximum absolute atomic E-state index is 5.81. The SMILES string of the molecule is CCO[Si](CCC[N+](C)(C)C)(OCC)OCC.[Cl-]. The van der Waals surface area contributed by atoms with Gasteiger partial charge in [-0.25, -0.2) is 0 Å². The summed E-state index contributed by atoms with van der Waals surface area (Å²) in [5, 5.41) is 0. The third-order valence-electron chi connectivity index (χ3n) is 2.40. The number of quaternary nitrogens is 1. The first-order valence-corrected chi connectivity index (χ1v) is 8.54. The number of halogens is 1. The molecule has 0 fully saturated rings. The van der Waals surface area contributed by atoms with E-state index < -0.39 is 8.80 Å². The lowest BCUT2D eigenvalue weighted by molar-refractivity contribution is -0.870. The molecule has 0 amide bonds. The summed E-state index contributed by atoms with van der Waals surface area (Å²) in [6.45, 7) is 9.10. The highest BCUT2D eigenvalue weighted by Crippen LogP contribution is 2.18. The van der Waals surface area contributed by atoms with Gasteiger partial charge in [-0.3, -0.25) is 0 Å². The predicted molar refractivity (Wildman–Crippen MR) is 73.0 cm³/mol. The maximum Gasteiger partial charge on any atom is 0.501 e. The maximum atomic E-state index is 5.81. The van der Waals surface area contributed by atoms with Crippen LogP contribution in [0.4, 0.5) is 0 Å². The van der Waals surface area contributed by atoms with E-state index in [-0.39, 0.29) is 12.4 Å². The number of nitrogens with zero attached hydrogens (tertiary/aromatic N) is 1. The van der Waals surface area contributed by atoms with Crippen LogP contribution in [0.5, 0.6) is 0 Å². The lowest BCUT2D eigenvalue weighted by Gasteiger charge is -2.30. The molecule has 0 aromatic carbocycles. The summed E-state index contributed by atoms with van der Waals surface area (Å²) in [7, 11) is 4.19. The standard InChI is InChI=1S/C12H30NO3Si.ClH/c1-7-14-17(15-8-2,16-9-3)12-10-11-13(4,5)6;/h7-12H2,1-6H3;1H/q+1;/p-1. The molecule has 0 aromatic rings. The summed E-state index contributed by atoms with van der Waals surface area (Å²) >= 11 is 0. The Bertz CT molecular complexity index is 183. The molecule has 0 aliphatic rings. The Morgan fingerprint density at radius 2 is 1.22 bits per heavy atom. The van der Waals surface area contributed by atoms with Crippen molar-refractivity contribution in [3.05, 3.63) is 0 Å². The Morgan fingerprint density at radius 1 is 0.833 bits per heavy atom. The summed E-state index contributed by atoms with van der Waals surface area (Å²) in [5.41, 5.74) is 0. The van der Waals surface area contributed by atoms with E-state index in [0.29, 0.717) is 19.8 Å². The van der Waals surface area contributed by atoms with Gasteiger partial charge < -0.3 is 30.2 Å². The third kappa shape index (κ3) is 9.30. The number of rotatable bonds is 10. The molecule has 0 unspecified atom stereocenters. The minimum atomic E-state index is -2.41. The van der Waals surface area contributed by atoms with Crippen LogP contribution < -0.4 is 12.4 Å². The zero-order chi connectivity index (χ0) is 13.4. The Morgan fingerprint density at radius 3 is 1.50 bits per heavy atom.